The van der Waals surface area contributed by atoms with Gasteiger partial charge in [0.25, 0.3) is 5.91 Å². The molecular formula is C33H36N4O5. The van der Waals surface area contributed by atoms with Gasteiger partial charge >= 0.3 is 0 Å². The molecule has 218 valence electrons. The van der Waals surface area contributed by atoms with Crippen LogP contribution >= 0.6 is 0 Å². The van der Waals surface area contributed by atoms with E-state index in [1.807, 2.05) is 12.1 Å². The Morgan fingerprint density at radius 2 is 1.95 bits per heavy atom. The number of aromatic nitrogens is 1. The van der Waals surface area contributed by atoms with E-state index in [1.165, 1.54) is 16.6 Å². The summed E-state index contributed by atoms with van der Waals surface area (Å²) >= 11 is 0. The van der Waals surface area contributed by atoms with Crippen molar-refractivity contribution >= 4 is 28.6 Å². The molecule has 1 aromatic heterocycles. The fraction of sp³-hybridized carbons (Fsp3) is 0.455. The number of imide groups is 1. The molecule has 4 atom stereocenters. The number of hydrogen-bond donors (Lipinski definition) is 1. The molecule has 3 amide bonds. The maximum atomic E-state index is 13.0. The molecule has 4 aliphatic heterocycles. The van der Waals surface area contributed by atoms with Gasteiger partial charge in [-0.2, -0.15) is 0 Å². The van der Waals surface area contributed by atoms with Crippen molar-refractivity contribution in [1.29, 1.82) is 0 Å². The van der Waals surface area contributed by atoms with Crippen LogP contribution in [0.3, 0.4) is 0 Å². The summed E-state index contributed by atoms with van der Waals surface area (Å²) < 4.78 is 12.1. The van der Waals surface area contributed by atoms with Gasteiger partial charge in [-0.15, -0.1) is 0 Å². The predicted octanol–water partition coefficient (Wildman–Crippen LogP) is 3.93. The summed E-state index contributed by atoms with van der Waals surface area (Å²) in [5, 5.41) is 3.52. The topological polar surface area (TPSA) is 101 Å². The molecule has 0 aliphatic carbocycles. The Hall–Kier alpha value is -3.82. The van der Waals surface area contributed by atoms with Crippen LogP contribution in [-0.2, 0) is 27.4 Å². The normalized spacial score (nSPS) is 26.5. The van der Waals surface area contributed by atoms with Gasteiger partial charge in [-0.05, 0) is 80.1 Å². The predicted molar refractivity (Wildman–Crippen MR) is 156 cm³/mol. The maximum Gasteiger partial charge on any atom is 0.255 e. The van der Waals surface area contributed by atoms with Gasteiger partial charge in [-0.3, -0.25) is 29.6 Å². The molecule has 2 aromatic carbocycles. The highest BCUT2D eigenvalue weighted by Crippen LogP contribution is 2.32. The first kappa shape index (κ1) is 27.0. The standard InChI is InChI=1S/C33H36N4O5/c1-20-14-23(11-13-41-20)29-7-3-22-15-21(2-6-28(22)34-29)17-36-12-10-26(19-36)42-25-4-5-27-24(16-25)18-37(33(27)40)30-8-9-31(38)35-32(30)39/h2-7,15-16,20,23,26,30H,8-14,17-19H2,1H3,(H,35,38,39)/t20-,23?,26-,30?/m0/s1. The van der Waals surface area contributed by atoms with Crippen molar-refractivity contribution in [2.45, 2.75) is 76.3 Å². The van der Waals surface area contributed by atoms with E-state index in [-0.39, 0.29) is 24.3 Å². The Kier molecular flexibility index (Phi) is 7.15. The number of nitrogens with one attached hydrogen (secondary N) is 1. The summed E-state index contributed by atoms with van der Waals surface area (Å²) in [7, 11) is 0. The summed E-state index contributed by atoms with van der Waals surface area (Å²) in [6, 6.07) is 15.9. The number of pyridine rings is 1. The van der Waals surface area contributed by atoms with E-state index in [1.54, 1.807) is 11.0 Å². The average Bonchev–Trinajstić information content (AvgIpc) is 3.55. The van der Waals surface area contributed by atoms with Gasteiger partial charge in [-0.25, -0.2) is 0 Å². The highest BCUT2D eigenvalue weighted by Gasteiger charge is 2.39. The monoisotopic (exact) mass is 568 g/mol. The van der Waals surface area contributed by atoms with Gasteiger partial charge in [0.05, 0.1) is 11.6 Å². The van der Waals surface area contributed by atoms with Crippen LogP contribution in [0.5, 0.6) is 5.75 Å². The SMILES string of the molecule is C[C@H]1CC(c2ccc3cc(CN4CC[C@H](Oc5ccc6c(c5)CN(C5CCC(=O)NC5=O)C6=O)C4)ccc3n2)CCO1. The van der Waals surface area contributed by atoms with Crippen molar-refractivity contribution in [1.82, 2.24) is 20.1 Å². The number of piperidine rings is 1. The molecule has 4 aliphatic rings. The van der Waals surface area contributed by atoms with Crippen molar-refractivity contribution in [2.24, 2.45) is 0 Å². The van der Waals surface area contributed by atoms with Crippen LogP contribution < -0.4 is 10.1 Å². The lowest BCUT2D eigenvalue weighted by Crippen LogP contribution is -2.52. The molecule has 3 aromatic rings. The van der Waals surface area contributed by atoms with Gasteiger partial charge in [0.2, 0.25) is 11.8 Å². The van der Waals surface area contributed by atoms with Gasteiger partial charge < -0.3 is 14.4 Å². The number of amides is 3. The van der Waals surface area contributed by atoms with Crippen LogP contribution in [0.15, 0.2) is 48.5 Å². The molecule has 3 saturated heterocycles. The number of rotatable bonds is 6. The zero-order chi connectivity index (χ0) is 28.8. The summed E-state index contributed by atoms with van der Waals surface area (Å²) in [5.41, 5.74) is 4.94. The van der Waals surface area contributed by atoms with Crippen LogP contribution in [-0.4, -0.2) is 70.5 Å². The number of nitrogens with zero attached hydrogens (tertiary/aromatic N) is 3. The molecule has 1 N–H and O–H groups in total. The number of fused-ring (bicyclic) bond motifs is 2. The van der Waals surface area contributed by atoms with Crippen molar-refractivity contribution in [3.63, 3.8) is 0 Å². The second-order valence-electron chi connectivity index (χ2n) is 12.1. The van der Waals surface area contributed by atoms with Crippen LogP contribution in [0, 0.1) is 0 Å². The third-order valence-corrected chi connectivity index (χ3v) is 9.11. The zero-order valence-corrected chi connectivity index (χ0v) is 23.9. The third kappa shape index (κ3) is 5.39. The Bertz CT molecular complexity index is 1560. The smallest absolute Gasteiger partial charge is 0.255 e. The van der Waals surface area contributed by atoms with Gasteiger partial charge in [-0.1, -0.05) is 12.1 Å². The molecule has 7 rings (SSSR count). The lowest BCUT2D eigenvalue weighted by Gasteiger charge is -2.29. The number of carbonyl (C=O) groups is 3. The molecular weight excluding hydrogens is 532 g/mol. The lowest BCUT2D eigenvalue weighted by atomic mass is 9.92. The minimum atomic E-state index is -0.612. The fourth-order valence-electron chi connectivity index (χ4n) is 6.89. The molecule has 42 heavy (non-hydrogen) atoms. The van der Waals surface area contributed by atoms with E-state index in [0.29, 0.717) is 30.6 Å². The Labute approximate surface area is 245 Å². The van der Waals surface area contributed by atoms with Crippen molar-refractivity contribution in [3.8, 4) is 5.75 Å². The van der Waals surface area contributed by atoms with Crippen LogP contribution in [0.2, 0.25) is 0 Å². The minimum Gasteiger partial charge on any atom is -0.489 e. The number of ether oxygens (including phenoxy) is 2. The summed E-state index contributed by atoms with van der Waals surface area (Å²) in [4.78, 5) is 45.8. The van der Waals surface area contributed by atoms with Crippen molar-refractivity contribution in [2.75, 3.05) is 19.7 Å². The largest absolute Gasteiger partial charge is 0.489 e. The molecule has 9 nitrogen and oxygen atoms in total. The van der Waals surface area contributed by atoms with Gasteiger partial charge in [0, 0.05) is 61.8 Å². The molecule has 0 bridgehead atoms. The molecule has 3 fully saturated rings. The first-order valence-corrected chi connectivity index (χ1v) is 15.1. The van der Waals surface area contributed by atoms with Crippen LogP contribution in [0.1, 0.15) is 72.1 Å². The van der Waals surface area contributed by atoms with Crippen LogP contribution in [0.4, 0.5) is 0 Å². The van der Waals surface area contributed by atoms with E-state index in [2.05, 4.69) is 47.5 Å². The zero-order valence-electron chi connectivity index (χ0n) is 23.9. The van der Waals surface area contributed by atoms with Gasteiger partial charge in [0.1, 0.15) is 17.9 Å². The van der Waals surface area contributed by atoms with Crippen LogP contribution in [0.25, 0.3) is 10.9 Å². The molecule has 5 heterocycles. The lowest BCUT2D eigenvalue weighted by molar-refractivity contribution is -0.136. The summed E-state index contributed by atoms with van der Waals surface area (Å²) in [6.07, 6.45) is 3.95. The van der Waals surface area contributed by atoms with E-state index in [0.717, 1.165) is 62.3 Å². The molecule has 0 radical (unpaired) electrons. The number of likely N-dealkylation sites (tertiary alicyclic amines) is 1. The van der Waals surface area contributed by atoms with E-state index in [4.69, 9.17) is 14.5 Å². The molecule has 0 saturated carbocycles. The Morgan fingerprint density at radius 1 is 1.05 bits per heavy atom. The average molecular weight is 569 g/mol. The van der Waals surface area contributed by atoms with Crippen molar-refractivity contribution in [3.05, 3.63) is 70.9 Å². The van der Waals surface area contributed by atoms with E-state index >= 15 is 0 Å². The van der Waals surface area contributed by atoms with Crippen molar-refractivity contribution < 1.29 is 23.9 Å². The summed E-state index contributed by atoms with van der Waals surface area (Å²) in [5.74, 6) is 0.360. The number of carbonyl (C=O) groups excluding carboxylic acids is 3. The highest BCUT2D eigenvalue weighted by molar-refractivity contribution is 6.05. The van der Waals surface area contributed by atoms with Gasteiger partial charge in [0.15, 0.2) is 0 Å². The van der Waals surface area contributed by atoms with E-state index in [9.17, 15) is 14.4 Å². The second-order valence-corrected chi connectivity index (χ2v) is 12.1. The first-order chi connectivity index (χ1) is 20.4. The fourth-order valence-corrected chi connectivity index (χ4v) is 6.89. The Morgan fingerprint density at radius 3 is 2.81 bits per heavy atom. The second kappa shape index (κ2) is 11.1. The highest BCUT2D eigenvalue weighted by atomic mass is 16.5. The molecule has 0 spiro atoms. The third-order valence-electron chi connectivity index (χ3n) is 9.11. The first-order valence-electron chi connectivity index (χ1n) is 15.1. The minimum absolute atomic E-state index is 0.0675. The number of hydrogen-bond acceptors (Lipinski definition) is 7. The summed E-state index contributed by atoms with van der Waals surface area (Å²) in [6.45, 7) is 5.93. The van der Waals surface area contributed by atoms with E-state index < -0.39 is 11.9 Å². The Balaban J connectivity index is 0.957. The molecule has 9 heteroatoms. The number of benzene rings is 2. The quantitative estimate of drug-likeness (QED) is 0.450. The maximum absolute atomic E-state index is 13.0. The molecule has 2 unspecified atom stereocenters.